The van der Waals surface area contributed by atoms with E-state index in [1.54, 1.807) is 0 Å². The molecule has 0 spiro atoms. The van der Waals surface area contributed by atoms with E-state index in [4.69, 9.17) is 4.74 Å². The summed E-state index contributed by atoms with van der Waals surface area (Å²) in [6.45, 7) is 7.88. The van der Waals surface area contributed by atoms with Gasteiger partial charge in [0, 0.05) is 35.8 Å². The van der Waals surface area contributed by atoms with E-state index in [2.05, 4.69) is 55.5 Å². The van der Waals surface area contributed by atoms with Gasteiger partial charge in [-0.3, -0.25) is 0 Å². The van der Waals surface area contributed by atoms with Crippen LogP contribution in [0.2, 0.25) is 0 Å². The fourth-order valence-corrected chi connectivity index (χ4v) is 2.41. The van der Waals surface area contributed by atoms with Crippen LogP contribution in [0.3, 0.4) is 0 Å². The number of ether oxygens (including phenoxy) is 1. The molecule has 0 saturated heterocycles. The van der Waals surface area contributed by atoms with Crippen LogP contribution in [0, 0.1) is 0 Å². The summed E-state index contributed by atoms with van der Waals surface area (Å²) in [6.07, 6.45) is 3.57. The molecule has 0 radical (unpaired) electrons. The van der Waals surface area contributed by atoms with Crippen LogP contribution >= 0.6 is 0 Å². The molecule has 1 aromatic carbocycles. The van der Waals surface area contributed by atoms with Crippen molar-refractivity contribution < 1.29 is 9.84 Å². The fourth-order valence-electron chi connectivity index (χ4n) is 2.41. The number of H-pyrrole nitrogens is 1. The van der Waals surface area contributed by atoms with E-state index in [9.17, 15) is 5.11 Å². The lowest BCUT2D eigenvalue weighted by Crippen LogP contribution is -2.42. The number of aromatic amines is 1. The minimum Gasteiger partial charge on any atom is -0.389 e. The molecule has 22 heavy (non-hydrogen) atoms. The first-order valence-corrected chi connectivity index (χ1v) is 8.01. The molecule has 0 amide bonds. The van der Waals surface area contributed by atoms with Crippen molar-refractivity contribution in [2.24, 2.45) is 0 Å². The zero-order chi connectivity index (χ0) is 16.0. The first-order chi connectivity index (χ1) is 10.5. The molecule has 0 aliphatic carbocycles. The first kappa shape index (κ1) is 17.0. The molecule has 4 nitrogen and oxygen atoms in total. The van der Waals surface area contributed by atoms with Crippen molar-refractivity contribution in [2.75, 3.05) is 19.8 Å². The van der Waals surface area contributed by atoms with Gasteiger partial charge in [0.05, 0.1) is 12.7 Å². The SMILES string of the molecule is CC(C)(C)NCC(O)COCCCc1c[nH]c2ccccc12. The molecular formula is C18H28N2O2. The van der Waals surface area contributed by atoms with Gasteiger partial charge in [-0.2, -0.15) is 0 Å². The second-order valence-corrected chi connectivity index (χ2v) is 6.82. The lowest BCUT2D eigenvalue weighted by atomic mass is 10.1. The number of benzene rings is 1. The number of hydrogen-bond acceptors (Lipinski definition) is 3. The average Bonchev–Trinajstić information content (AvgIpc) is 2.87. The summed E-state index contributed by atoms with van der Waals surface area (Å²) in [5.74, 6) is 0. The second kappa shape index (κ2) is 7.77. The predicted molar refractivity (Wildman–Crippen MR) is 91.2 cm³/mol. The van der Waals surface area contributed by atoms with Gasteiger partial charge in [-0.25, -0.2) is 0 Å². The standard InChI is InChI=1S/C18H28N2O2/c1-18(2,3)20-12-15(21)13-22-10-6-7-14-11-19-17-9-5-4-8-16(14)17/h4-5,8-9,11,15,19-21H,6-7,10,12-13H2,1-3H3. The highest BCUT2D eigenvalue weighted by molar-refractivity contribution is 5.82. The Hall–Kier alpha value is -1.36. The van der Waals surface area contributed by atoms with E-state index in [1.807, 2.05) is 6.07 Å². The molecule has 2 aromatic rings. The van der Waals surface area contributed by atoms with Gasteiger partial charge in [0.15, 0.2) is 0 Å². The Morgan fingerprint density at radius 2 is 2.05 bits per heavy atom. The molecule has 0 saturated carbocycles. The number of aryl methyl sites for hydroxylation is 1. The summed E-state index contributed by atoms with van der Waals surface area (Å²) in [6, 6.07) is 8.34. The molecule has 0 fully saturated rings. The van der Waals surface area contributed by atoms with Gasteiger partial charge in [0.1, 0.15) is 0 Å². The third-order valence-electron chi connectivity index (χ3n) is 3.59. The van der Waals surface area contributed by atoms with E-state index in [-0.39, 0.29) is 5.54 Å². The summed E-state index contributed by atoms with van der Waals surface area (Å²) in [7, 11) is 0. The maximum absolute atomic E-state index is 9.84. The fraction of sp³-hybridized carbons (Fsp3) is 0.556. The number of nitrogens with one attached hydrogen (secondary N) is 2. The van der Waals surface area contributed by atoms with Gasteiger partial charge < -0.3 is 20.1 Å². The van der Waals surface area contributed by atoms with Crippen LogP contribution in [0.1, 0.15) is 32.8 Å². The molecule has 122 valence electrons. The zero-order valence-electron chi connectivity index (χ0n) is 13.9. The molecule has 1 aromatic heterocycles. The second-order valence-electron chi connectivity index (χ2n) is 6.82. The van der Waals surface area contributed by atoms with Crippen molar-refractivity contribution in [3.05, 3.63) is 36.0 Å². The third kappa shape index (κ3) is 5.44. The minimum absolute atomic E-state index is 0.0241. The molecule has 1 unspecified atom stereocenters. The Morgan fingerprint density at radius 1 is 1.27 bits per heavy atom. The molecule has 2 rings (SSSR count). The molecule has 0 bridgehead atoms. The van der Waals surface area contributed by atoms with Gasteiger partial charge in [0.25, 0.3) is 0 Å². The van der Waals surface area contributed by atoms with E-state index >= 15 is 0 Å². The first-order valence-electron chi connectivity index (χ1n) is 8.01. The summed E-state index contributed by atoms with van der Waals surface area (Å²) in [5, 5.41) is 14.4. The van der Waals surface area contributed by atoms with Gasteiger partial charge >= 0.3 is 0 Å². The van der Waals surface area contributed by atoms with Gasteiger partial charge in [-0.05, 0) is 45.2 Å². The van der Waals surface area contributed by atoms with E-state index < -0.39 is 6.10 Å². The van der Waals surface area contributed by atoms with Crippen molar-refractivity contribution in [1.29, 1.82) is 0 Å². The van der Waals surface area contributed by atoms with Crippen LogP contribution in [0.5, 0.6) is 0 Å². The molecule has 3 N–H and O–H groups in total. The molecule has 1 atom stereocenters. The van der Waals surface area contributed by atoms with Gasteiger partial charge in [-0.1, -0.05) is 18.2 Å². The van der Waals surface area contributed by atoms with Gasteiger partial charge in [0.2, 0.25) is 0 Å². The summed E-state index contributed by atoms with van der Waals surface area (Å²) in [5.41, 5.74) is 2.53. The Labute approximate surface area is 132 Å². The normalized spacial score (nSPS) is 13.6. The highest BCUT2D eigenvalue weighted by Crippen LogP contribution is 2.18. The van der Waals surface area contributed by atoms with Crippen LogP contribution < -0.4 is 5.32 Å². The Kier molecular flexibility index (Phi) is 6.00. The molecular weight excluding hydrogens is 276 g/mol. The number of hydrogen-bond donors (Lipinski definition) is 3. The number of β-amino-alcohol motifs (C(OH)–C–C–N with tert-alkyl or cyclic N) is 1. The third-order valence-corrected chi connectivity index (χ3v) is 3.59. The minimum atomic E-state index is -0.452. The van der Waals surface area contributed by atoms with Crippen molar-refractivity contribution >= 4 is 10.9 Å². The predicted octanol–water partition coefficient (Wildman–Crippen LogP) is 2.87. The smallest absolute Gasteiger partial charge is 0.0897 e. The Balaban J connectivity index is 1.63. The number of para-hydroxylation sites is 1. The highest BCUT2D eigenvalue weighted by atomic mass is 16.5. The van der Waals surface area contributed by atoms with Crippen LogP contribution in [-0.4, -0.2) is 41.5 Å². The van der Waals surface area contributed by atoms with Crippen LogP contribution in [-0.2, 0) is 11.2 Å². The van der Waals surface area contributed by atoms with E-state index in [1.165, 1.54) is 16.5 Å². The topological polar surface area (TPSA) is 57.3 Å². The number of aliphatic hydroxyl groups is 1. The van der Waals surface area contributed by atoms with Crippen molar-refractivity contribution in [2.45, 2.75) is 45.3 Å². The van der Waals surface area contributed by atoms with Crippen LogP contribution in [0.25, 0.3) is 10.9 Å². The van der Waals surface area contributed by atoms with Gasteiger partial charge in [-0.15, -0.1) is 0 Å². The summed E-state index contributed by atoms with van der Waals surface area (Å²) >= 11 is 0. The summed E-state index contributed by atoms with van der Waals surface area (Å²) < 4.78 is 5.57. The Morgan fingerprint density at radius 3 is 2.82 bits per heavy atom. The number of aromatic nitrogens is 1. The van der Waals surface area contributed by atoms with E-state index in [0.717, 1.165) is 12.8 Å². The number of fused-ring (bicyclic) bond motifs is 1. The quantitative estimate of drug-likeness (QED) is 0.657. The maximum atomic E-state index is 9.84. The van der Waals surface area contributed by atoms with Crippen molar-refractivity contribution in [3.63, 3.8) is 0 Å². The largest absolute Gasteiger partial charge is 0.389 e. The zero-order valence-corrected chi connectivity index (χ0v) is 13.9. The van der Waals surface area contributed by atoms with Crippen molar-refractivity contribution in [1.82, 2.24) is 10.3 Å². The molecule has 4 heteroatoms. The van der Waals surface area contributed by atoms with Crippen LogP contribution in [0.4, 0.5) is 0 Å². The number of rotatable bonds is 8. The summed E-state index contributed by atoms with van der Waals surface area (Å²) in [4.78, 5) is 3.29. The number of aliphatic hydroxyl groups excluding tert-OH is 1. The molecule has 0 aliphatic rings. The highest BCUT2D eigenvalue weighted by Gasteiger charge is 2.12. The monoisotopic (exact) mass is 304 g/mol. The molecule has 0 aliphatic heterocycles. The lowest BCUT2D eigenvalue weighted by molar-refractivity contribution is 0.0333. The van der Waals surface area contributed by atoms with E-state index in [0.29, 0.717) is 19.8 Å². The molecule has 1 heterocycles. The Bertz CT molecular complexity index is 572. The van der Waals surface area contributed by atoms with Crippen molar-refractivity contribution in [3.8, 4) is 0 Å². The lowest BCUT2D eigenvalue weighted by Gasteiger charge is -2.22. The van der Waals surface area contributed by atoms with Crippen LogP contribution in [0.15, 0.2) is 30.5 Å². The maximum Gasteiger partial charge on any atom is 0.0897 e. The average molecular weight is 304 g/mol.